The lowest BCUT2D eigenvalue weighted by Gasteiger charge is -2.16. The van der Waals surface area contributed by atoms with Gasteiger partial charge in [-0.25, -0.2) is 0 Å². The van der Waals surface area contributed by atoms with Crippen LogP contribution in [0.1, 0.15) is 5.56 Å². The molecule has 0 spiro atoms. The Morgan fingerprint density at radius 2 is 1.71 bits per heavy atom. The molecule has 6 heteroatoms. The third-order valence-corrected chi connectivity index (χ3v) is 2.77. The van der Waals surface area contributed by atoms with E-state index in [1.165, 1.54) is 21.3 Å². The van der Waals surface area contributed by atoms with E-state index in [4.69, 9.17) is 19.3 Å². The van der Waals surface area contributed by atoms with E-state index in [0.717, 1.165) is 0 Å². The summed E-state index contributed by atoms with van der Waals surface area (Å²) in [5.74, 6) is 0.275. The standard InChI is InChI=1S/C11H13BrO5/c1-15-9-6(5-8(13)14)4-7(12)10(16-2)11(9)17-3/h4H,5H2,1-3H3,(H,13,14). The van der Waals surface area contributed by atoms with Crippen molar-refractivity contribution >= 4 is 21.9 Å². The maximum atomic E-state index is 10.8. The minimum atomic E-state index is -0.942. The molecule has 0 heterocycles. The minimum Gasteiger partial charge on any atom is -0.492 e. The van der Waals surface area contributed by atoms with Gasteiger partial charge >= 0.3 is 5.97 Å². The zero-order valence-corrected chi connectivity index (χ0v) is 11.3. The number of carboxylic acid groups (broad SMARTS) is 1. The summed E-state index contributed by atoms with van der Waals surface area (Å²) in [5, 5.41) is 8.82. The Labute approximate surface area is 107 Å². The maximum Gasteiger partial charge on any atom is 0.307 e. The molecule has 0 bridgehead atoms. The quantitative estimate of drug-likeness (QED) is 0.902. The number of carboxylic acids is 1. The van der Waals surface area contributed by atoms with Gasteiger partial charge in [-0.05, 0) is 22.0 Å². The Balaban J connectivity index is 3.41. The molecule has 0 fully saturated rings. The van der Waals surface area contributed by atoms with Crippen molar-refractivity contribution < 1.29 is 24.1 Å². The van der Waals surface area contributed by atoms with E-state index in [-0.39, 0.29) is 6.42 Å². The number of aliphatic carboxylic acids is 1. The van der Waals surface area contributed by atoms with Crippen molar-refractivity contribution in [3.63, 3.8) is 0 Å². The lowest BCUT2D eigenvalue weighted by atomic mass is 10.1. The van der Waals surface area contributed by atoms with Crippen molar-refractivity contribution in [1.29, 1.82) is 0 Å². The molecule has 0 aliphatic rings. The molecular formula is C11H13BrO5. The summed E-state index contributed by atoms with van der Waals surface area (Å²) in [6.07, 6.45) is -0.151. The van der Waals surface area contributed by atoms with Crippen molar-refractivity contribution in [3.8, 4) is 17.2 Å². The smallest absolute Gasteiger partial charge is 0.307 e. The van der Waals surface area contributed by atoms with Crippen LogP contribution in [-0.2, 0) is 11.2 Å². The van der Waals surface area contributed by atoms with E-state index >= 15 is 0 Å². The second-order valence-electron chi connectivity index (χ2n) is 3.19. The van der Waals surface area contributed by atoms with Crippen molar-refractivity contribution in [2.45, 2.75) is 6.42 Å². The van der Waals surface area contributed by atoms with Crippen molar-refractivity contribution in [3.05, 3.63) is 16.1 Å². The van der Waals surface area contributed by atoms with Gasteiger partial charge in [0.2, 0.25) is 5.75 Å². The molecule has 0 saturated carbocycles. The highest BCUT2D eigenvalue weighted by molar-refractivity contribution is 9.10. The van der Waals surface area contributed by atoms with Crippen LogP contribution in [0.3, 0.4) is 0 Å². The van der Waals surface area contributed by atoms with E-state index in [2.05, 4.69) is 15.9 Å². The summed E-state index contributed by atoms with van der Waals surface area (Å²) in [4.78, 5) is 10.8. The lowest BCUT2D eigenvalue weighted by Crippen LogP contribution is -2.05. The number of ether oxygens (including phenoxy) is 3. The van der Waals surface area contributed by atoms with E-state index in [0.29, 0.717) is 27.3 Å². The molecule has 1 aromatic carbocycles. The fraction of sp³-hybridized carbons (Fsp3) is 0.364. The molecule has 1 aromatic rings. The Morgan fingerprint density at radius 3 is 2.12 bits per heavy atom. The molecule has 0 aliphatic carbocycles. The Kier molecular flexibility index (Phi) is 4.62. The molecule has 0 saturated heterocycles. The molecule has 1 rings (SSSR count). The molecule has 17 heavy (non-hydrogen) atoms. The molecule has 0 atom stereocenters. The van der Waals surface area contributed by atoms with E-state index in [1.807, 2.05) is 0 Å². The minimum absolute atomic E-state index is 0.151. The van der Waals surface area contributed by atoms with Gasteiger partial charge in [-0.1, -0.05) is 0 Å². The van der Waals surface area contributed by atoms with E-state index in [1.54, 1.807) is 6.07 Å². The molecule has 0 aromatic heterocycles. The normalized spacial score (nSPS) is 9.88. The molecule has 1 N–H and O–H groups in total. The first kappa shape index (κ1) is 13.6. The number of methoxy groups -OCH3 is 3. The van der Waals surface area contributed by atoms with E-state index in [9.17, 15) is 4.79 Å². The molecule has 0 amide bonds. The molecule has 0 aliphatic heterocycles. The van der Waals surface area contributed by atoms with Crippen LogP contribution in [0.4, 0.5) is 0 Å². The SMILES string of the molecule is COc1c(Br)cc(CC(=O)O)c(OC)c1OC. The van der Waals surface area contributed by atoms with Crippen LogP contribution in [0.5, 0.6) is 17.2 Å². The van der Waals surface area contributed by atoms with Gasteiger partial charge in [-0.3, -0.25) is 4.79 Å². The number of carbonyl (C=O) groups is 1. The van der Waals surface area contributed by atoms with Gasteiger partial charge < -0.3 is 19.3 Å². The highest BCUT2D eigenvalue weighted by atomic mass is 79.9. The molecule has 94 valence electrons. The van der Waals surface area contributed by atoms with Crippen molar-refractivity contribution in [2.24, 2.45) is 0 Å². The van der Waals surface area contributed by atoms with E-state index < -0.39 is 5.97 Å². The predicted octanol–water partition coefficient (Wildman–Crippen LogP) is 2.10. The van der Waals surface area contributed by atoms with Gasteiger partial charge in [0.1, 0.15) is 0 Å². The lowest BCUT2D eigenvalue weighted by molar-refractivity contribution is -0.136. The summed E-state index contributed by atoms with van der Waals surface area (Å²) < 4.78 is 16.2. The maximum absolute atomic E-state index is 10.8. The van der Waals surface area contributed by atoms with Gasteiger partial charge in [0.05, 0.1) is 32.2 Å². The molecule has 0 radical (unpaired) electrons. The Hall–Kier alpha value is -1.43. The van der Waals surface area contributed by atoms with Crippen LogP contribution in [0.25, 0.3) is 0 Å². The summed E-state index contributed by atoms with van der Waals surface area (Å²) >= 11 is 3.30. The van der Waals surface area contributed by atoms with Crippen LogP contribution < -0.4 is 14.2 Å². The zero-order chi connectivity index (χ0) is 13.0. The highest BCUT2D eigenvalue weighted by Gasteiger charge is 2.20. The Morgan fingerprint density at radius 1 is 1.18 bits per heavy atom. The highest BCUT2D eigenvalue weighted by Crippen LogP contribution is 2.45. The predicted molar refractivity (Wildman–Crippen MR) is 65.1 cm³/mol. The molecular weight excluding hydrogens is 292 g/mol. The number of rotatable bonds is 5. The summed E-state index contributed by atoms with van der Waals surface area (Å²) in [5.41, 5.74) is 0.518. The van der Waals surface area contributed by atoms with Crippen LogP contribution in [-0.4, -0.2) is 32.4 Å². The molecule has 5 nitrogen and oxygen atoms in total. The second kappa shape index (κ2) is 5.77. The third-order valence-electron chi connectivity index (χ3n) is 2.18. The summed E-state index contributed by atoms with van der Waals surface area (Å²) in [6, 6.07) is 1.65. The fourth-order valence-electron chi connectivity index (χ4n) is 1.54. The van der Waals surface area contributed by atoms with Gasteiger partial charge in [0.15, 0.2) is 11.5 Å². The topological polar surface area (TPSA) is 65.0 Å². The second-order valence-corrected chi connectivity index (χ2v) is 4.04. The molecule has 0 unspecified atom stereocenters. The van der Waals surface area contributed by atoms with Crippen LogP contribution in [0.2, 0.25) is 0 Å². The van der Waals surface area contributed by atoms with Crippen LogP contribution >= 0.6 is 15.9 Å². The number of benzene rings is 1. The average Bonchev–Trinajstić information content (AvgIpc) is 2.27. The third kappa shape index (κ3) is 2.82. The Bertz CT molecular complexity index is 430. The van der Waals surface area contributed by atoms with Gasteiger partial charge in [-0.15, -0.1) is 0 Å². The summed E-state index contributed by atoms with van der Waals surface area (Å²) in [7, 11) is 4.42. The first-order chi connectivity index (χ1) is 8.04. The first-order valence-electron chi connectivity index (χ1n) is 4.74. The fourth-order valence-corrected chi connectivity index (χ4v) is 2.15. The van der Waals surface area contributed by atoms with Gasteiger partial charge in [-0.2, -0.15) is 0 Å². The van der Waals surface area contributed by atoms with Gasteiger partial charge in [0, 0.05) is 5.56 Å². The largest absolute Gasteiger partial charge is 0.492 e. The number of hydrogen-bond acceptors (Lipinski definition) is 4. The van der Waals surface area contributed by atoms with Gasteiger partial charge in [0.25, 0.3) is 0 Å². The summed E-state index contributed by atoms with van der Waals surface area (Å²) in [6.45, 7) is 0. The number of hydrogen-bond donors (Lipinski definition) is 1. The first-order valence-corrected chi connectivity index (χ1v) is 5.53. The average molecular weight is 305 g/mol. The van der Waals surface area contributed by atoms with Crippen molar-refractivity contribution in [2.75, 3.05) is 21.3 Å². The van der Waals surface area contributed by atoms with Crippen LogP contribution in [0.15, 0.2) is 10.5 Å². The van der Waals surface area contributed by atoms with Crippen LogP contribution in [0, 0.1) is 0 Å². The zero-order valence-electron chi connectivity index (χ0n) is 9.74. The monoisotopic (exact) mass is 304 g/mol. The van der Waals surface area contributed by atoms with Crippen molar-refractivity contribution in [1.82, 2.24) is 0 Å². The number of halogens is 1.